The van der Waals surface area contributed by atoms with Crippen molar-refractivity contribution in [3.05, 3.63) is 17.7 Å². The van der Waals surface area contributed by atoms with Gasteiger partial charge in [0.2, 0.25) is 0 Å². The number of benzene rings is 1. The van der Waals surface area contributed by atoms with Crippen LogP contribution in [-0.4, -0.2) is 43.7 Å². The molecule has 2 N–H and O–H groups in total. The zero-order valence-corrected chi connectivity index (χ0v) is 11.8. The molecule has 0 spiro atoms. The fraction of sp³-hybridized carbons (Fsp3) is 0.538. The van der Waals surface area contributed by atoms with Crippen molar-refractivity contribution in [2.45, 2.75) is 6.54 Å². The maximum absolute atomic E-state index is 6.05. The van der Waals surface area contributed by atoms with E-state index >= 15 is 0 Å². The van der Waals surface area contributed by atoms with Crippen molar-refractivity contribution in [2.75, 3.05) is 44.5 Å². The van der Waals surface area contributed by atoms with Crippen LogP contribution in [0.1, 0.15) is 5.56 Å². The van der Waals surface area contributed by atoms with Crippen molar-refractivity contribution in [3.63, 3.8) is 0 Å². The maximum atomic E-state index is 6.05. The van der Waals surface area contributed by atoms with E-state index in [2.05, 4.69) is 18.2 Å². The van der Waals surface area contributed by atoms with E-state index in [9.17, 15) is 0 Å². The van der Waals surface area contributed by atoms with Crippen LogP contribution in [0.2, 0.25) is 0 Å². The van der Waals surface area contributed by atoms with E-state index in [1.165, 1.54) is 0 Å². The molecule has 5 heteroatoms. The number of nitrogens with zero attached hydrogens (tertiary/aromatic N) is 1. The molecular weight excluding hydrogens is 248 g/mol. The number of ether oxygens (including phenoxy) is 2. The van der Waals surface area contributed by atoms with Gasteiger partial charge in [-0.3, -0.25) is 0 Å². The largest absolute Gasteiger partial charge is 0.486 e. The Hall–Kier alpha value is -1.07. The van der Waals surface area contributed by atoms with E-state index in [4.69, 9.17) is 15.2 Å². The Labute approximate surface area is 112 Å². The number of thioether (sulfide) groups is 1. The van der Waals surface area contributed by atoms with Crippen molar-refractivity contribution in [1.29, 1.82) is 0 Å². The number of rotatable bonds is 5. The van der Waals surface area contributed by atoms with Crippen molar-refractivity contribution in [3.8, 4) is 11.5 Å². The Morgan fingerprint density at radius 3 is 2.61 bits per heavy atom. The third-order valence-corrected chi connectivity index (χ3v) is 3.51. The molecule has 4 nitrogen and oxygen atoms in total. The summed E-state index contributed by atoms with van der Waals surface area (Å²) in [5, 5.41) is 0. The molecular formula is C13H20N2O2S. The molecule has 0 bridgehead atoms. The topological polar surface area (TPSA) is 47.7 Å². The molecule has 1 aromatic carbocycles. The smallest absolute Gasteiger partial charge is 0.163 e. The van der Waals surface area contributed by atoms with Gasteiger partial charge in [0.15, 0.2) is 11.5 Å². The van der Waals surface area contributed by atoms with E-state index in [1.807, 2.05) is 23.9 Å². The molecule has 0 radical (unpaired) electrons. The zero-order chi connectivity index (χ0) is 13.0. The normalized spacial score (nSPS) is 13.9. The van der Waals surface area contributed by atoms with Crippen molar-refractivity contribution >= 4 is 17.4 Å². The summed E-state index contributed by atoms with van der Waals surface area (Å²) in [7, 11) is 2.10. The van der Waals surface area contributed by atoms with Gasteiger partial charge in [-0.1, -0.05) is 0 Å². The molecule has 0 atom stereocenters. The van der Waals surface area contributed by atoms with Crippen LogP contribution in [0.25, 0.3) is 0 Å². The Morgan fingerprint density at radius 2 is 1.94 bits per heavy atom. The van der Waals surface area contributed by atoms with Crippen LogP contribution in [0.5, 0.6) is 11.5 Å². The first-order chi connectivity index (χ1) is 8.70. The van der Waals surface area contributed by atoms with Gasteiger partial charge in [-0.15, -0.1) is 0 Å². The van der Waals surface area contributed by atoms with E-state index in [1.54, 1.807) is 0 Å². The molecule has 0 fully saturated rings. The van der Waals surface area contributed by atoms with Crippen LogP contribution >= 0.6 is 11.8 Å². The molecule has 100 valence electrons. The molecule has 0 aromatic heterocycles. The zero-order valence-electron chi connectivity index (χ0n) is 10.9. The fourth-order valence-electron chi connectivity index (χ4n) is 1.90. The third kappa shape index (κ3) is 3.23. The molecule has 1 heterocycles. The number of anilines is 1. The summed E-state index contributed by atoms with van der Waals surface area (Å²) in [6.45, 7) is 3.09. The lowest BCUT2D eigenvalue weighted by atomic mass is 10.1. The lowest BCUT2D eigenvalue weighted by molar-refractivity contribution is 0.171. The predicted octanol–water partition coefficient (Wildman–Crippen LogP) is 1.83. The summed E-state index contributed by atoms with van der Waals surface area (Å²) < 4.78 is 11.1. The average molecular weight is 268 g/mol. The first kappa shape index (κ1) is 13.4. The van der Waals surface area contributed by atoms with Gasteiger partial charge in [-0.05, 0) is 24.9 Å². The molecule has 0 saturated heterocycles. The van der Waals surface area contributed by atoms with Gasteiger partial charge in [-0.25, -0.2) is 0 Å². The molecule has 1 aliphatic rings. The maximum Gasteiger partial charge on any atom is 0.163 e. The molecule has 1 aliphatic heterocycles. The van der Waals surface area contributed by atoms with Crippen LogP contribution in [0.4, 0.5) is 5.69 Å². The lowest BCUT2D eigenvalue weighted by Gasteiger charge is -2.22. The monoisotopic (exact) mass is 268 g/mol. The fourth-order valence-corrected chi connectivity index (χ4v) is 2.39. The first-order valence-corrected chi connectivity index (χ1v) is 7.45. The van der Waals surface area contributed by atoms with Crippen LogP contribution in [0, 0.1) is 0 Å². The lowest BCUT2D eigenvalue weighted by Crippen LogP contribution is -2.22. The highest BCUT2D eigenvalue weighted by Crippen LogP contribution is 2.34. The second-order valence-electron chi connectivity index (χ2n) is 4.43. The highest BCUT2D eigenvalue weighted by Gasteiger charge is 2.15. The molecule has 0 unspecified atom stereocenters. The average Bonchev–Trinajstić information content (AvgIpc) is 2.37. The third-order valence-electron chi connectivity index (χ3n) is 2.92. The summed E-state index contributed by atoms with van der Waals surface area (Å²) in [6, 6.07) is 3.87. The summed E-state index contributed by atoms with van der Waals surface area (Å²) >= 11 is 1.85. The molecule has 2 rings (SSSR count). The van der Waals surface area contributed by atoms with Crippen LogP contribution in [-0.2, 0) is 6.54 Å². The molecule has 1 aromatic rings. The van der Waals surface area contributed by atoms with Gasteiger partial charge < -0.3 is 20.1 Å². The van der Waals surface area contributed by atoms with Gasteiger partial charge in [0.25, 0.3) is 0 Å². The highest BCUT2D eigenvalue weighted by molar-refractivity contribution is 7.98. The quantitative estimate of drug-likeness (QED) is 0.826. The SMILES string of the molecule is CSCCN(C)Cc1cc2c(cc1N)OCCO2. The van der Waals surface area contributed by atoms with E-state index in [0.29, 0.717) is 13.2 Å². The number of hydrogen-bond donors (Lipinski definition) is 1. The van der Waals surface area contributed by atoms with E-state index < -0.39 is 0 Å². The standard InChI is InChI=1S/C13H20N2O2S/c1-15(3-6-18-2)9-10-7-12-13(8-11(10)14)17-5-4-16-12/h7-8H,3-6,9,14H2,1-2H3. The van der Waals surface area contributed by atoms with Crippen LogP contribution in [0.15, 0.2) is 12.1 Å². The van der Waals surface area contributed by atoms with Gasteiger partial charge >= 0.3 is 0 Å². The van der Waals surface area contributed by atoms with Gasteiger partial charge in [0, 0.05) is 30.6 Å². The van der Waals surface area contributed by atoms with Gasteiger partial charge in [0.05, 0.1) is 0 Å². The number of fused-ring (bicyclic) bond motifs is 1. The van der Waals surface area contributed by atoms with Crippen molar-refractivity contribution in [2.24, 2.45) is 0 Å². The Balaban J connectivity index is 2.08. The second kappa shape index (κ2) is 6.20. The summed E-state index contributed by atoms with van der Waals surface area (Å²) in [5.41, 5.74) is 7.93. The minimum atomic E-state index is 0.597. The van der Waals surface area contributed by atoms with Crippen LogP contribution < -0.4 is 15.2 Å². The molecule has 0 amide bonds. The van der Waals surface area contributed by atoms with Crippen LogP contribution in [0.3, 0.4) is 0 Å². The summed E-state index contributed by atoms with van der Waals surface area (Å²) in [6.07, 6.45) is 2.12. The summed E-state index contributed by atoms with van der Waals surface area (Å²) in [4.78, 5) is 2.26. The Bertz CT molecular complexity index is 412. The van der Waals surface area contributed by atoms with E-state index in [-0.39, 0.29) is 0 Å². The predicted molar refractivity (Wildman–Crippen MR) is 76.6 cm³/mol. The Kier molecular flexibility index (Phi) is 4.60. The van der Waals surface area contributed by atoms with Crippen molar-refractivity contribution in [1.82, 2.24) is 4.90 Å². The minimum absolute atomic E-state index is 0.597. The second-order valence-corrected chi connectivity index (χ2v) is 5.41. The number of nitrogens with two attached hydrogens (primary N) is 1. The molecule has 0 aliphatic carbocycles. The summed E-state index contributed by atoms with van der Waals surface area (Å²) in [5.74, 6) is 2.69. The Morgan fingerprint density at radius 1 is 1.28 bits per heavy atom. The van der Waals surface area contributed by atoms with E-state index in [0.717, 1.165) is 41.6 Å². The minimum Gasteiger partial charge on any atom is -0.486 e. The van der Waals surface area contributed by atoms with Gasteiger partial charge in [-0.2, -0.15) is 11.8 Å². The van der Waals surface area contributed by atoms with Gasteiger partial charge in [0.1, 0.15) is 13.2 Å². The van der Waals surface area contributed by atoms with Crippen molar-refractivity contribution < 1.29 is 9.47 Å². The molecule has 18 heavy (non-hydrogen) atoms. The number of nitrogen functional groups attached to an aromatic ring is 1. The highest BCUT2D eigenvalue weighted by atomic mass is 32.2. The first-order valence-electron chi connectivity index (χ1n) is 6.06. The molecule has 0 saturated carbocycles. The number of hydrogen-bond acceptors (Lipinski definition) is 5.